The van der Waals surface area contributed by atoms with E-state index >= 15 is 0 Å². The van der Waals surface area contributed by atoms with Gasteiger partial charge in [0.05, 0.1) is 0 Å². The predicted octanol–water partition coefficient (Wildman–Crippen LogP) is 2.18. The van der Waals surface area contributed by atoms with Crippen molar-refractivity contribution in [3.05, 3.63) is 0 Å². The van der Waals surface area contributed by atoms with Gasteiger partial charge in [-0.05, 0) is 18.3 Å². The molecule has 0 radical (unpaired) electrons. The van der Waals surface area contributed by atoms with E-state index in [0.717, 1.165) is 12.8 Å². The fourth-order valence-corrected chi connectivity index (χ4v) is 2.22. The molecule has 0 aromatic heterocycles. The van der Waals surface area contributed by atoms with Crippen molar-refractivity contribution in [2.45, 2.75) is 39.2 Å². The summed E-state index contributed by atoms with van der Waals surface area (Å²) in [5, 5.41) is 9.07. The summed E-state index contributed by atoms with van der Waals surface area (Å²) in [6.07, 6.45) is 6.24. The third-order valence-electron chi connectivity index (χ3n) is 3.09. The molecule has 0 aliphatic carbocycles. The summed E-state index contributed by atoms with van der Waals surface area (Å²) in [7, 11) is 0. The molecule has 1 N–H and O–H groups in total. The number of hydrogen-bond donors (Lipinski definition) is 1. The second-order valence-corrected chi connectivity index (χ2v) is 4.79. The first-order valence-electron chi connectivity index (χ1n) is 4.83. The van der Waals surface area contributed by atoms with Gasteiger partial charge in [-0.25, -0.2) is 4.79 Å². The first-order chi connectivity index (χ1) is 6.35. The van der Waals surface area contributed by atoms with Gasteiger partial charge in [-0.15, -0.1) is 6.42 Å². The number of amides is 1. The van der Waals surface area contributed by atoms with Gasteiger partial charge >= 0.3 is 6.09 Å². The van der Waals surface area contributed by atoms with Crippen molar-refractivity contribution >= 4 is 6.09 Å². The third kappa shape index (κ3) is 1.35. The Bertz CT molecular complexity index is 285. The van der Waals surface area contributed by atoms with Crippen LogP contribution in [0.3, 0.4) is 0 Å². The van der Waals surface area contributed by atoms with Gasteiger partial charge in [0.15, 0.2) is 0 Å². The monoisotopic (exact) mass is 195 g/mol. The van der Waals surface area contributed by atoms with Gasteiger partial charge in [-0.2, -0.15) is 0 Å². The molecule has 1 unspecified atom stereocenters. The van der Waals surface area contributed by atoms with Gasteiger partial charge in [0.2, 0.25) is 0 Å². The molecule has 0 aromatic rings. The summed E-state index contributed by atoms with van der Waals surface area (Å²) in [5.41, 5.74) is -0.838. The van der Waals surface area contributed by atoms with E-state index in [9.17, 15) is 4.79 Å². The number of rotatable bonds is 0. The minimum atomic E-state index is -0.907. The second kappa shape index (κ2) is 3.20. The molecule has 78 valence electrons. The van der Waals surface area contributed by atoms with Crippen LogP contribution in [0.25, 0.3) is 0 Å². The molecule has 0 aromatic carbocycles. The zero-order valence-electron chi connectivity index (χ0n) is 9.00. The van der Waals surface area contributed by atoms with Crippen LogP contribution >= 0.6 is 0 Å². The fourth-order valence-electron chi connectivity index (χ4n) is 2.22. The van der Waals surface area contributed by atoms with Gasteiger partial charge < -0.3 is 5.11 Å². The molecule has 1 saturated heterocycles. The summed E-state index contributed by atoms with van der Waals surface area (Å²) in [4.78, 5) is 12.5. The molecule has 3 heteroatoms. The first kappa shape index (κ1) is 10.9. The fraction of sp³-hybridized carbons (Fsp3) is 0.727. The highest BCUT2D eigenvalue weighted by molar-refractivity contribution is 5.68. The maximum absolute atomic E-state index is 11.1. The molecule has 1 amide bonds. The van der Waals surface area contributed by atoms with Crippen molar-refractivity contribution < 1.29 is 9.90 Å². The van der Waals surface area contributed by atoms with Gasteiger partial charge in [0, 0.05) is 6.54 Å². The van der Waals surface area contributed by atoms with E-state index in [1.54, 1.807) is 0 Å². The van der Waals surface area contributed by atoms with Crippen LogP contribution in [0.4, 0.5) is 4.79 Å². The van der Waals surface area contributed by atoms with E-state index in [0.29, 0.717) is 6.54 Å². The molecule has 3 nitrogen and oxygen atoms in total. The highest BCUT2D eigenvalue weighted by Gasteiger charge is 2.50. The highest BCUT2D eigenvalue weighted by Crippen LogP contribution is 2.43. The molecule has 0 spiro atoms. The Labute approximate surface area is 85.1 Å². The van der Waals surface area contributed by atoms with Gasteiger partial charge in [-0.1, -0.05) is 26.7 Å². The maximum Gasteiger partial charge on any atom is 0.408 e. The van der Waals surface area contributed by atoms with E-state index in [2.05, 4.69) is 5.92 Å². The Kier molecular flexibility index (Phi) is 2.49. The number of carboxylic acid groups (broad SMARTS) is 1. The number of likely N-dealkylation sites (tertiary alicyclic amines) is 1. The molecule has 1 atom stereocenters. The molecular weight excluding hydrogens is 178 g/mol. The average Bonchev–Trinajstić information content (AvgIpc) is 2.46. The average molecular weight is 195 g/mol. The lowest BCUT2D eigenvalue weighted by Gasteiger charge is -2.42. The van der Waals surface area contributed by atoms with Crippen LogP contribution in [-0.4, -0.2) is 28.2 Å². The van der Waals surface area contributed by atoms with E-state index in [1.165, 1.54) is 4.90 Å². The highest BCUT2D eigenvalue weighted by atomic mass is 16.4. The predicted molar refractivity (Wildman–Crippen MR) is 55.0 cm³/mol. The molecular formula is C11H17NO2. The molecule has 1 aliphatic heterocycles. The summed E-state index contributed by atoms with van der Waals surface area (Å²) in [6, 6.07) is 0. The number of carbonyl (C=O) groups is 1. The molecule has 0 saturated carbocycles. The smallest absolute Gasteiger partial charge is 0.408 e. The largest absolute Gasteiger partial charge is 0.465 e. The zero-order valence-corrected chi connectivity index (χ0v) is 9.00. The number of terminal acetylenes is 1. The van der Waals surface area contributed by atoms with Crippen molar-refractivity contribution in [3.8, 4) is 12.3 Å². The summed E-state index contributed by atoms with van der Waals surface area (Å²) < 4.78 is 0. The Morgan fingerprint density at radius 2 is 2.14 bits per heavy atom. The number of nitrogens with zero attached hydrogens (tertiary/aromatic N) is 1. The number of hydrogen-bond acceptors (Lipinski definition) is 1. The Morgan fingerprint density at radius 1 is 1.57 bits per heavy atom. The summed E-state index contributed by atoms with van der Waals surface area (Å²) >= 11 is 0. The van der Waals surface area contributed by atoms with Crippen molar-refractivity contribution in [2.24, 2.45) is 5.41 Å². The lowest BCUT2D eigenvalue weighted by molar-refractivity contribution is 0.0703. The van der Waals surface area contributed by atoms with Gasteiger partial charge in [0.25, 0.3) is 0 Å². The zero-order chi connectivity index (χ0) is 11.0. The van der Waals surface area contributed by atoms with Crippen molar-refractivity contribution in [3.63, 3.8) is 0 Å². The quantitative estimate of drug-likeness (QED) is 0.602. The van der Waals surface area contributed by atoms with Crippen molar-refractivity contribution in [1.82, 2.24) is 4.90 Å². The minimum Gasteiger partial charge on any atom is -0.465 e. The minimum absolute atomic E-state index is 0.212. The van der Waals surface area contributed by atoms with Crippen LogP contribution in [0.2, 0.25) is 0 Å². The van der Waals surface area contributed by atoms with Gasteiger partial charge in [-0.3, -0.25) is 4.90 Å². The summed E-state index contributed by atoms with van der Waals surface area (Å²) in [6.45, 7) is 6.53. The molecule has 14 heavy (non-hydrogen) atoms. The van der Waals surface area contributed by atoms with Crippen LogP contribution in [0.15, 0.2) is 0 Å². The topological polar surface area (TPSA) is 40.5 Å². The normalized spacial score (nSPS) is 27.4. The van der Waals surface area contributed by atoms with E-state index in [-0.39, 0.29) is 5.41 Å². The van der Waals surface area contributed by atoms with Crippen LogP contribution in [0.5, 0.6) is 0 Å². The first-order valence-corrected chi connectivity index (χ1v) is 4.83. The second-order valence-electron chi connectivity index (χ2n) is 4.79. The molecule has 1 heterocycles. The van der Waals surface area contributed by atoms with E-state index in [1.807, 2.05) is 20.8 Å². The van der Waals surface area contributed by atoms with Crippen LogP contribution in [0, 0.1) is 17.8 Å². The Hall–Kier alpha value is -1.17. The summed E-state index contributed by atoms with van der Waals surface area (Å²) in [5.74, 6) is 2.69. The Balaban J connectivity index is 3.12. The van der Waals surface area contributed by atoms with Crippen LogP contribution < -0.4 is 0 Å². The van der Waals surface area contributed by atoms with Crippen LogP contribution in [-0.2, 0) is 0 Å². The van der Waals surface area contributed by atoms with Crippen LogP contribution in [0.1, 0.15) is 33.6 Å². The molecule has 0 bridgehead atoms. The SMILES string of the molecule is C#CC1(C(C)(C)C)CCCN1C(=O)O. The Morgan fingerprint density at radius 3 is 2.43 bits per heavy atom. The molecule has 1 rings (SSSR count). The third-order valence-corrected chi connectivity index (χ3v) is 3.09. The van der Waals surface area contributed by atoms with E-state index < -0.39 is 11.6 Å². The van der Waals surface area contributed by atoms with E-state index in [4.69, 9.17) is 11.5 Å². The lowest BCUT2D eigenvalue weighted by Crippen LogP contribution is -2.54. The molecule has 1 aliphatic rings. The van der Waals surface area contributed by atoms with Crippen molar-refractivity contribution in [1.29, 1.82) is 0 Å². The lowest BCUT2D eigenvalue weighted by atomic mass is 9.72. The van der Waals surface area contributed by atoms with Gasteiger partial charge in [0.1, 0.15) is 5.54 Å². The molecule has 1 fully saturated rings. The maximum atomic E-state index is 11.1. The standard InChI is InChI=1S/C11H17NO2/c1-5-11(10(2,3)4)7-6-8-12(11)9(13)14/h1H,6-8H2,2-4H3,(H,13,14). The van der Waals surface area contributed by atoms with Crippen molar-refractivity contribution in [2.75, 3.05) is 6.54 Å².